The molecule has 0 bridgehead atoms. The number of nitrogens with one attached hydrogen (secondary N) is 2. The maximum atomic E-state index is 13.2. The predicted molar refractivity (Wildman–Crippen MR) is 121 cm³/mol. The molecule has 0 unspecified atom stereocenters. The number of carbonyl (C=O) groups is 3. The zero-order chi connectivity index (χ0) is 25.8. The lowest BCUT2D eigenvalue weighted by atomic mass is 9.88. The number of halogens is 4. The Morgan fingerprint density at radius 3 is 1.94 bits per heavy atom. The highest BCUT2D eigenvalue weighted by molar-refractivity contribution is 5.97. The van der Waals surface area contributed by atoms with Crippen LogP contribution in [0.4, 0.5) is 17.6 Å². The van der Waals surface area contributed by atoms with Crippen molar-refractivity contribution in [3.63, 3.8) is 0 Å². The molecule has 1 fully saturated rings. The van der Waals surface area contributed by atoms with Crippen LogP contribution in [0.15, 0.2) is 48.5 Å². The summed E-state index contributed by atoms with van der Waals surface area (Å²) in [6, 6.07) is 7.99. The summed E-state index contributed by atoms with van der Waals surface area (Å²) in [6.07, 6.45) is -3.66. The fourth-order valence-electron chi connectivity index (χ4n) is 4.02. The van der Waals surface area contributed by atoms with Gasteiger partial charge in [-0.15, -0.1) is 0 Å². The summed E-state index contributed by atoms with van der Waals surface area (Å²) < 4.78 is 51.5. The Labute approximate surface area is 200 Å². The number of amides is 3. The Morgan fingerprint density at radius 2 is 1.43 bits per heavy atom. The van der Waals surface area contributed by atoms with Crippen LogP contribution in [-0.2, 0) is 11.0 Å². The van der Waals surface area contributed by atoms with E-state index < -0.39 is 35.4 Å². The van der Waals surface area contributed by atoms with Crippen LogP contribution < -0.4 is 10.6 Å². The van der Waals surface area contributed by atoms with Crippen molar-refractivity contribution in [2.75, 3.05) is 13.1 Å². The molecule has 6 nitrogen and oxygen atoms in total. The summed E-state index contributed by atoms with van der Waals surface area (Å²) in [7, 11) is 0. The molecular formula is C25H27F4N3O3. The lowest BCUT2D eigenvalue weighted by Crippen LogP contribution is -2.54. The SMILES string of the molecule is CC(C)NC(=O)[C@@H](NC(=O)c1ccc(F)cc1)C1CCN(C(=O)c2ccc(C(F)(F)F)cc2)CC1. The van der Waals surface area contributed by atoms with E-state index in [2.05, 4.69) is 10.6 Å². The molecule has 3 amide bonds. The van der Waals surface area contributed by atoms with Gasteiger partial charge in [0.05, 0.1) is 5.56 Å². The number of benzene rings is 2. The molecular weight excluding hydrogens is 466 g/mol. The van der Waals surface area contributed by atoms with Gasteiger partial charge in [0, 0.05) is 30.3 Å². The third-order valence-electron chi connectivity index (χ3n) is 5.86. The summed E-state index contributed by atoms with van der Waals surface area (Å²) in [5.41, 5.74) is -0.470. The van der Waals surface area contributed by atoms with E-state index in [9.17, 15) is 31.9 Å². The molecule has 0 radical (unpaired) electrons. The van der Waals surface area contributed by atoms with Crippen LogP contribution in [0.3, 0.4) is 0 Å². The molecule has 1 heterocycles. The van der Waals surface area contributed by atoms with Crippen molar-refractivity contribution >= 4 is 17.7 Å². The van der Waals surface area contributed by atoms with Crippen molar-refractivity contribution in [2.24, 2.45) is 5.92 Å². The normalized spacial score (nSPS) is 15.6. The molecule has 10 heteroatoms. The van der Waals surface area contributed by atoms with E-state index in [-0.39, 0.29) is 42.1 Å². The average Bonchev–Trinajstić information content (AvgIpc) is 2.81. The van der Waals surface area contributed by atoms with Crippen molar-refractivity contribution in [3.8, 4) is 0 Å². The fraction of sp³-hybridized carbons (Fsp3) is 0.400. The Hall–Kier alpha value is -3.43. The van der Waals surface area contributed by atoms with Crippen LogP contribution in [0, 0.1) is 11.7 Å². The minimum Gasteiger partial charge on any atom is -0.352 e. The molecule has 1 aliphatic rings. The number of likely N-dealkylation sites (tertiary alicyclic amines) is 1. The molecule has 0 aliphatic carbocycles. The molecule has 35 heavy (non-hydrogen) atoms. The van der Waals surface area contributed by atoms with Crippen LogP contribution in [0.1, 0.15) is 53.0 Å². The zero-order valence-electron chi connectivity index (χ0n) is 19.4. The van der Waals surface area contributed by atoms with Crippen LogP contribution >= 0.6 is 0 Å². The van der Waals surface area contributed by atoms with Gasteiger partial charge < -0.3 is 15.5 Å². The van der Waals surface area contributed by atoms with Gasteiger partial charge in [-0.2, -0.15) is 13.2 Å². The lowest BCUT2D eigenvalue weighted by molar-refractivity contribution is -0.137. The van der Waals surface area contributed by atoms with Crippen molar-refractivity contribution in [1.29, 1.82) is 0 Å². The first-order valence-corrected chi connectivity index (χ1v) is 11.3. The van der Waals surface area contributed by atoms with E-state index in [1.165, 1.54) is 17.0 Å². The average molecular weight is 494 g/mol. The Balaban J connectivity index is 1.67. The van der Waals surface area contributed by atoms with E-state index in [0.29, 0.717) is 12.8 Å². The topological polar surface area (TPSA) is 78.5 Å². The second-order valence-corrected chi connectivity index (χ2v) is 8.83. The molecule has 0 spiro atoms. The monoisotopic (exact) mass is 493 g/mol. The number of carbonyl (C=O) groups excluding carboxylic acids is 3. The standard InChI is InChI=1S/C25H27F4N3O3/c1-15(2)30-23(34)21(31-22(33)17-5-9-20(26)10-6-17)16-11-13-32(14-12-16)24(35)18-3-7-19(8-4-18)25(27,28)29/h3-10,15-16,21H,11-14H2,1-2H3,(H,30,34)(H,31,33)/t21-/m0/s1. The Morgan fingerprint density at radius 1 is 0.886 bits per heavy atom. The van der Waals surface area contributed by atoms with Gasteiger partial charge in [-0.3, -0.25) is 14.4 Å². The Bertz CT molecular complexity index is 1050. The predicted octanol–water partition coefficient (Wildman–Crippen LogP) is 4.02. The van der Waals surface area contributed by atoms with Gasteiger partial charge in [0.1, 0.15) is 11.9 Å². The summed E-state index contributed by atoms with van der Waals surface area (Å²) in [6.45, 7) is 4.15. The highest BCUT2D eigenvalue weighted by atomic mass is 19.4. The van der Waals surface area contributed by atoms with Gasteiger partial charge in [0.2, 0.25) is 5.91 Å². The van der Waals surface area contributed by atoms with E-state index in [1.807, 2.05) is 0 Å². The summed E-state index contributed by atoms with van der Waals surface area (Å²) in [5.74, 6) is -2.02. The first kappa shape index (κ1) is 26.2. The summed E-state index contributed by atoms with van der Waals surface area (Å²) in [5, 5.41) is 5.54. The van der Waals surface area contributed by atoms with E-state index >= 15 is 0 Å². The van der Waals surface area contributed by atoms with Crippen molar-refractivity contribution < 1.29 is 31.9 Å². The third-order valence-corrected chi connectivity index (χ3v) is 5.86. The summed E-state index contributed by atoms with van der Waals surface area (Å²) >= 11 is 0. The molecule has 0 saturated carbocycles. The molecule has 3 rings (SSSR count). The molecule has 0 aromatic heterocycles. The number of nitrogens with zero attached hydrogens (tertiary/aromatic N) is 1. The van der Waals surface area contributed by atoms with Gasteiger partial charge in [0.15, 0.2) is 0 Å². The zero-order valence-corrected chi connectivity index (χ0v) is 19.4. The van der Waals surface area contributed by atoms with Crippen molar-refractivity contribution in [2.45, 2.75) is 44.9 Å². The van der Waals surface area contributed by atoms with Crippen LogP contribution in [0.25, 0.3) is 0 Å². The van der Waals surface area contributed by atoms with Gasteiger partial charge in [-0.25, -0.2) is 4.39 Å². The second-order valence-electron chi connectivity index (χ2n) is 8.83. The highest BCUT2D eigenvalue weighted by Crippen LogP contribution is 2.29. The number of hydrogen-bond donors (Lipinski definition) is 2. The largest absolute Gasteiger partial charge is 0.416 e. The third kappa shape index (κ3) is 6.80. The first-order valence-electron chi connectivity index (χ1n) is 11.3. The molecule has 1 aliphatic heterocycles. The first-order chi connectivity index (χ1) is 16.5. The van der Waals surface area contributed by atoms with Crippen LogP contribution in [0.2, 0.25) is 0 Å². The van der Waals surface area contributed by atoms with Crippen molar-refractivity contribution in [3.05, 3.63) is 71.0 Å². The van der Waals surface area contributed by atoms with Gasteiger partial charge in [0.25, 0.3) is 11.8 Å². The second kappa shape index (κ2) is 10.9. The van der Waals surface area contributed by atoms with Gasteiger partial charge >= 0.3 is 6.18 Å². The highest BCUT2D eigenvalue weighted by Gasteiger charge is 2.35. The van der Waals surface area contributed by atoms with Gasteiger partial charge in [-0.1, -0.05) is 0 Å². The number of hydrogen-bond acceptors (Lipinski definition) is 3. The lowest BCUT2D eigenvalue weighted by Gasteiger charge is -2.36. The molecule has 188 valence electrons. The van der Waals surface area contributed by atoms with Crippen molar-refractivity contribution in [1.82, 2.24) is 15.5 Å². The molecule has 2 N–H and O–H groups in total. The molecule has 2 aromatic carbocycles. The minimum atomic E-state index is -4.48. The minimum absolute atomic E-state index is 0.148. The fourth-order valence-corrected chi connectivity index (χ4v) is 4.02. The quantitative estimate of drug-likeness (QED) is 0.597. The van der Waals surface area contributed by atoms with Crippen LogP contribution in [0.5, 0.6) is 0 Å². The maximum absolute atomic E-state index is 13.2. The van der Waals surface area contributed by atoms with Crippen LogP contribution in [-0.4, -0.2) is 47.8 Å². The van der Waals surface area contributed by atoms with Gasteiger partial charge in [-0.05, 0) is 81.1 Å². The molecule has 1 saturated heterocycles. The smallest absolute Gasteiger partial charge is 0.352 e. The molecule has 1 atom stereocenters. The van der Waals surface area contributed by atoms with E-state index in [1.54, 1.807) is 13.8 Å². The van der Waals surface area contributed by atoms with E-state index in [4.69, 9.17) is 0 Å². The number of rotatable bonds is 6. The number of alkyl halides is 3. The maximum Gasteiger partial charge on any atom is 0.416 e. The van der Waals surface area contributed by atoms with E-state index in [0.717, 1.165) is 36.4 Å². The summed E-state index contributed by atoms with van der Waals surface area (Å²) in [4.78, 5) is 39.9. The number of piperidine rings is 1. The Kier molecular flexibility index (Phi) is 8.14. The molecule has 2 aromatic rings.